The van der Waals surface area contributed by atoms with Crippen molar-refractivity contribution in [2.75, 3.05) is 18.1 Å². The Morgan fingerprint density at radius 2 is 1.62 bits per heavy atom. The van der Waals surface area contributed by atoms with Crippen molar-refractivity contribution in [1.29, 1.82) is 0 Å². The van der Waals surface area contributed by atoms with Gasteiger partial charge in [0.1, 0.15) is 0 Å². The summed E-state index contributed by atoms with van der Waals surface area (Å²) < 4.78 is 22.6. The van der Waals surface area contributed by atoms with Crippen LogP contribution in [0.15, 0.2) is 0 Å². The summed E-state index contributed by atoms with van der Waals surface area (Å²) in [5.41, 5.74) is 0. The summed E-state index contributed by atoms with van der Waals surface area (Å²) in [5, 5.41) is 3.40. The van der Waals surface area contributed by atoms with Gasteiger partial charge in [-0.05, 0) is 12.8 Å². The topological polar surface area (TPSA) is 46.2 Å². The van der Waals surface area contributed by atoms with Crippen LogP contribution in [0.5, 0.6) is 0 Å². The van der Waals surface area contributed by atoms with Crippen molar-refractivity contribution in [3.05, 3.63) is 0 Å². The van der Waals surface area contributed by atoms with Gasteiger partial charge in [0.05, 0.1) is 5.75 Å². The summed E-state index contributed by atoms with van der Waals surface area (Å²) in [6, 6.07) is 0.548. The van der Waals surface area contributed by atoms with Gasteiger partial charge in [-0.25, -0.2) is 8.42 Å². The molecule has 0 aromatic carbocycles. The van der Waals surface area contributed by atoms with E-state index in [0.717, 1.165) is 0 Å². The van der Waals surface area contributed by atoms with Gasteiger partial charge < -0.3 is 5.32 Å². The van der Waals surface area contributed by atoms with Crippen molar-refractivity contribution in [2.45, 2.75) is 57.9 Å². The minimum atomic E-state index is -2.80. The third kappa shape index (κ3) is 5.85. The van der Waals surface area contributed by atoms with Crippen LogP contribution in [0.2, 0.25) is 0 Å². The van der Waals surface area contributed by atoms with Crippen molar-refractivity contribution in [3.8, 4) is 0 Å². The summed E-state index contributed by atoms with van der Waals surface area (Å²) in [6.07, 6.45) is 9.06. The van der Waals surface area contributed by atoms with E-state index >= 15 is 0 Å². The Kier molecular flexibility index (Phi) is 6.36. The molecule has 0 atom stereocenters. The van der Waals surface area contributed by atoms with Crippen LogP contribution in [0.1, 0.15) is 51.9 Å². The maximum absolute atomic E-state index is 11.3. The van der Waals surface area contributed by atoms with Crippen molar-refractivity contribution in [3.63, 3.8) is 0 Å². The Morgan fingerprint density at radius 1 is 1.06 bits per heavy atom. The number of sulfone groups is 1. The molecule has 1 saturated carbocycles. The maximum Gasteiger partial charge on any atom is 0.151 e. The molecule has 0 aromatic heterocycles. The molecule has 0 heterocycles. The third-order valence-corrected chi connectivity index (χ3v) is 5.10. The predicted octanol–water partition coefficient (Wildman–Crippen LogP) is 2.12. The monoisotopic (exact) mass is 247 g/mol. The molecular formula is C12H25NO2S. The van der Waals surface area contributed by atoms with Gasteiger partial charge in [0, 0.05) is 18.3 Å². The highest BCUT2D eigenvalue weighted by molar-refractivity contribution is 7.91. The number of hydrogen-bond donors (Lipinski definition) is 1. The van der Waals surface area contributed by atoms with E-state index in [-0.39, 0.29) is 5.75 Å². The van der Waals surface area contributed by atoms with Crippen LogP contribution in [-0.4, -0.2) is 32.5 Å². The SMILES string of the molecule is CCS(=O)(=O)CCNC1CCCCCCC1. The first-order chi connectivity index (χ1) is 7.64. The fourth-order valence-electron chi connectivity index (χ4n) is 2.22. The minimum Gasteiger partial charge on any atom is -0.313 e. The molecule has 4 heteroatoms. The van der Waals surface area contributed by atoms with Crippen LogP contribution < -0.4 is 5.32 Å². The highest BCUT2D eigenvalue weighted by Gasteiger charge is 2.12. The van der Waals surface area contributed by atoms with E-state index < -0.39 is 9.84 Å². The van der Waals surface area contributed by atoms with Gasteiger partial charge >= 0.3 is 0 Å². The van der Waals surface area contributed by atoms with E-state index in [0.29, 0.717) is 18.3 Å². The van der Waals surface area contributed by atoms with Gasteiger partial charge in [-0.3, -0.25) is 0 Å². The van der Waals surface area contributed by atoms with Gasteiger partial charge in [-0.15, -0.1) is 0 Å². The molecule has 16 heavy (non-hydrogen) atoms. The van der Waals surface area contributed by atoms with E-state index in [4.69, 9.17) is 0 Å². The minimum absolute atomic E-state index is 0.263. The van der Waals surface area contributed by atoms with E-state index in [1.807, 2.05) is 0 Å². The Labute approximate surface area is 99.9 Å². The molecule has 0 spiro atoms. The standard InChI is InChI=1S/C12H25NO2S/c1-2-16(14,15)11-10-13-12-8-6-4-3-5-7-9-12/h12-13H,2-11H2,1H3. The molecule has 1 rings (SSSR count). The smallest absolute Gasteiger partial charge is 0.151 e. The highest BCUT2D eigenvalue weighted by Crippen LogP contribution is 2.16. The molecule has 0 unspecified atom stereocenters. The van der Waals surface area contributed by atoms with Crippen LogP contribution in [0, 0.1) is 0 Å². The van der Waals surface area contributed by atoms with Crippen LogP contribution >= 0.6 is 0 Å². The lowest BCUT2D eigenvalue weighted by molar-refractivity contribution is 0.396. The normalized spacial score (nSPS) is 20.3. The summed E-state index contributed by atoms with van der Waals surface area (Å²) in [4.78, 5) is 0. The molecule has 1 aliphatic carbocycles. The summed E-state index contributed by atoms with van der Waals surface area (Å²) in [6.45, 7) is 2.34. The molecule has 1 N–H and O–H groups in total. The van der Waals surface area contributed by atoms with Gasteiger partial charge in [-0.1, -0.05) is 39.0 Å². The van der Waals surface area contributed by atoms with Crippen molar-refractivity contribution >= 4 is 9.84 Å². The molecule has 1 fully saturated rings. The first-order valence-corrected chi connectivity index (χ1v) is 8.40. The Balaban J connectivity index is 2.20. The average Bonchev–Trinajstić information content (AvgIpc) is 2.21. The average molecular weight is 247 g/mol. The van der Waals surface area contributed by atoms with Crippen LogP contribution in [-0.2, 0) is 9.84 Å². The van der Waals surface area contributed by atoms with Gasteiger partial charge in [0.15, 0.2) is 9.84 Å². The second kappa shape index (κ2) is 7.28. The van der Waals surface area contributed by atoms with Crippen molar-refractivity contribution in [2.24, 2.45) is 0 Å². The fourth-order valence-corrected chi connectivity index (χ4v) is 2.94. The Bertz CT molecular complexity index is 267. The number of rotatable bonds is 5. The second-order valence-corrected chi connectivity index (χ2v) is 7.21. The lowest BCUT2D eigenvalue weighted by Gasteiger charge is -2.20. The molecule has 1 aliphatic rings. The number of hydrogen-bond acceptors (Lipinski definition) is 3. The van der Waals surface area contributed by atoms with Gasteiger partial charge in [-0.2, -0.15) is 0 Å². The van der Waals surface area contributed by atoms with E-state index in [9.17, 15) is 8.42 Å². The second-order valence-electron chi connectivity index (χ2n) is 4.73. The largest absolute Gasteiger partial charge is 0.313 e. The van der Waals surface area contributed by atoms with Gasteiger partial charge in [0.2, 0.25) is 0 Å². The molecule has 0 saturated heterocycles. The highest BCUT2D eigenvalue weighted by atomic mass is 32.2. The van der Waals surface area contributed by atoms with Gasteiger partial charge in [0.25, 0.3) is 0 Å². The van der Waals surface area contributed by atoms with E-state index in [1.165, 1.54) is 44.9 Å². The van der Waals surface area contributed by atoms with E-state index in [2.05, 4.69) is 5.32 Å². The predicted molar refractivity (Wildman–Crippen MR) is 68.4 cm³/mol. The molecule has 0 bridgehead atoms. The fraction of sp³-hybridized carbons (Fsp3) is 1.00. The molecule has 3 nitrogen and oxygen atoms in total. The third-order valence-electron chi connectivity index (χ3n) is 3.39. The van der Waals surface area contributed by atoms with Crippen LogP contribution in [0.4, 0.5) is 0 Å². The Morgan fingerprint density at radius 3 is 2.19 bits per heavy atom. The summed E-state index contributed by atoms with van der Waals surface area (Å²) in [7, 11) is -2.80. The molecule has 0 aromatic rings. The van der Waals surface area contributed by atoms with Crippen LogP contribution in [0.3, 0.4) is 0 Å². The first kappa shape index (κ1) is 14.0. The van der Waals surface area contributed by atoms with E-state index in [1.54, 1.807) is 6.92 Å². The summed E-state index contributed by atoms with van der Waals surface area (Å²) in [5.74, 6) is 0.555. The zero-order chi connectivity index (χ0) is 11.9. The number of nitrogens with one attached hydrogen (secondary N) is 1. The first-order valence-electron chi connectivity index (χ1n) is 6.58. The Hall–Kier alpha value is -0.0900. The lowest BCUT2D eigenvalue weighted by atomic mass is 9.97. The molecular weight excluding hydrogens is 222 g/mol. The zero-order valence-corrected chi connectivity index (χ0v) is 11.2. The van der Waals surface area contributed by atoms with Crippen LogP contribution in [0.25, 0.3) is 0 Å². The van der Waals surface area contributed by atoms with Crippen molar-refractivity contribution < 1.29 is 8.42 Å². The maximum atomic E-state index is 11.3. The molecule has 0 amide bonds. The lowest BCUT2D eigenvalue weighted by Crippen LogP contribution is -2.34. The molecule has 96 valence electrons. The summed E-state index contributed by atoms with van der Waals surface area (Å²) >= 11 is 0. The molecule has 0 radical (unpaired) electrons. The zero-order valence-electron chi connectivity index (χ0n) is 10.4. The van der Waals surface area contributed by atoms with Crippen molar-refractivity contribution in [1.82, 2.24) is 5.32 Å². The quantitative estimate of drug-likeness (QED) is 0.809. The molecule has 0 aliphatic heterocycles.